The van der Waals surface area contributed by atoms with Crippen LogP contribution >= 0.6 is 0 Å². The summed E-state index contributed by atoms with van der Waals surface area (Å²) in [6.45, 7) is 3.68. The molecule has 0 saturated heterocycles. The van der Waals surface area contributed by atoms with Gasteiger partial charge in [0.25, 0.3) is 0 Å². The molecular weight excluding hydrogens is 288 g/mol. The Kier molecular flexibility index (Phi) is 3.33. The minimum absolute atomic E-state index is 0.00345. The third-order valence-corrected chi connectivity index (χ3v) is 5.73. The van der Waals surface area contributed by atoms with Gasteiger partial charge in [-0.1, -0.05) is 0 Å². The third kappa shape index (κ3) is 2.82. The summed E-state index contributed by atoms with van der Waals surface area (Å²) >= 11 is 0. The number of nitrogens with two attached hydrogens (primary N) is 1. The van der Waals surface area contributed by atoms with E-state index in [4.69, 9.17) is 5.14 Å². The first-order valence-electron chi connectivity index (χ1n) is 7.20. The van der Waals surface area contributed by atoms with Crippen molar-refractivity contribution >= 4 is 21.6 Å². The Bertz CT molecular complexity index is 702. The van der Waals surface area contributed by atoms with Crippen molar-refractivity contribution in [2.24, 2.45) is 22.9 Å². The molecule has 2 saturated carbocycles. The highest BCUT2D eigenvalue weighted by atomic mass is 32.2. The number of hydrogen-bond acceptors (Lipinski definition) is 3. The van der Waals surface area contributed by atoms with Gasteiger partial charge in [-0.15, -0.1) is 0 Å². The second-order valence-corrected chi connectivity index (χ2v) is 7.93. The number of rotatable bonds is 3. The Morgan fingerprint density at radius 3 is 2.38 bits per heavy atom. The fourth-order valence-corrected chi connectivity index (χ4v) is 3.91. The van der Waals surface area contributed by atoms with Gasteiger partial charge in [-0.05, 0) is 68.2 Å². The molecule has 6 heteroatoms. The number of hydrogen-bond donors (Lipinski definition) is 2. The summed E-state index contributed by atoms with van der Waals surface area (Å²) in [5.41, 5.74) is 2.22. The van der Waals surface area contributed by atoms with Crippen LogP contribution in [0.2, 0.25) is 0 Å². The molecule has 1 aromatic rings. The van der Waals surface area contributed by atoms with E-state index < -0.39 is 10.0 Å². The average molecular weight is 308 g/mol. The number of primary sulfonamides is 1. The van der Waals surface area contributed by atoms with Crippen molar-refractivity contribution in [2.75, 3.05) is 5.32 Å². The van der Waals surface area contributed by atoms with Crippen LogP contribution < -0.4 is 10.5 Å². The Hall–Kier alpha value is -1.40. The summed E-state index contributed by atoms with van der Waals surface area (Å²) in [5, 5.41) is 8.07. The van der Waals surface area contributed by atoms with Crippen LogP contribution in [0.1, 0.15) is 30.4 Å². The van der Waals surface area contributed by atoms with Crippen LogP contribution in [0, 0.1) is 31.6 Å². The van der Waals surface area contributed by atoms with Crippen molar-refractivity contribution < 1.29 is 13.2 Å². The topological polar surface area (TPSA) is 89.3 Å². The van der Waals surface area contributed by atoms with E-state index in [2.05, 4.69) is 5.32 Å². The van der Waals surface area contributed by atoms with Crippen molar-refractivity contribution in [3.63, 3.8) is 0 Å². The maximum absolute atomic E-state index is 12.3. The second kappa shape index (κ2) is 4.81. The van der Waals surface area contributed by atoms with Crippen LogP contribution in [0.5, 0.6) is 0 Å². The first kappa shape index (κ1) is 14.5. The number of benzene rings is 1. The lowest BCUT2D eigenvalue weighted by atomic mass is 10.0. The summed E-state index contributed by atoms with van der Waals surface area (Å²) in [6, 6.07) is 2.98. The van der Waals surface area contributed by atoms with Crippen LogP contribution in [-0.2, 0) is 14.8 Å². The monoisotopic (exact) mass is 308 g/mol. The molecule has 3 N–H and O–H groups in total. The summed E-state index contributed by atoms with van der Waals surface area (Å²) in [4.78, 5) is 12.4. The van der Waals surface area contributed by atoms with E-state index in [-0.39, 0.29) is 16.7 Å². The molecule has 1 aromatic carbocycles. The molecule has 2 aliphatic carbocycles. The predicted octanol–water partition coefficient (Wildman–Crippen LogP) is 1.94. The summed E-state index contributed by atoms with van der Waals surface area (Å²) in [6.07, 6.45) is 3.19. The number of aryl methyl sites for hydroxylation is 1. The van der Waals surface area contributed by atoms with Crippen LogP contribution in [0.3, 0.4) is 0 Å². The number of nitrogens with one attached hydrogen (secondary N) is 1. The van der Waals surface area contributed by atoms with E-state index in [0.717, 1.165) is 35.8 Å². The third-order valence-electron chi connectivity index (χ3n) is 4.84. The first-order valence-corrected chi connectivity index (χ1v) is 8.75. The molecule has 0 aliphatic heterocycles. The van der Waals surface area contributed by atoms with Crippen LogP contribution in [-0.4, -0.2) is 14.3 Å². The van der Waals surface area contributed by atoms with Crippen molar-refractivity contribution in [3.05, 3.63) is 23.3 Å². The maximum atomic E-state index is 12.3. The molecule has 0 spiro atoms. The van der Waals surface area contributed by atoms with Crippen LogP contribution in [0.15, 0.2) is 17.0 Å². The van der Waals surface area contributed by atoms with Gasteiger partial charge in [0, 0.05) is 11.6 Å². The molecule has 5 nitrogen and oxygen atoms in total. The smallest absolute Gasteiger partial charge is 0.238 e. The summed E-state index contributed by atoms with van der Waals surface area (Å²) in [7, 11) is -3.77. The van der Waals surface area contributed by atoms with Gasteiger partial charge in [-0.25, -0.2) is 13.6 Å². The molecule has 2 atom stereocenters. The molecule has 3 rings (SSSR count). The molecule has 0 bridgehead atoms. The van der Waals surface area contributed by atoms with E-state index in [1.54, 1.807) is 0 Å². The zero-order chi connectivity index (χ0) is 15.4. The maximum Gasteiger partial charge on any atom is 0.238 e. The van der Waals surface area contributed by atoms with E-state index in [1.807, 2.05) is 13.8 Å². The van der Waals surface area contributed by atoms with E-state index in [9.17, 15) is 13.2 Å². The van der Waals surface area contributed by atoms with E-state index in [0.29, 0.717) is 5.69 Å². The van der Waals surface area contributed by atoms with Gasteiger partial charge in [0.1, 0.15) is 0 Å². The number of carbonyl (C=O) groups excluding carboxylic acids is 1. The van der Waals surface area contributed by atoms with Gasteiger partial charge in [0.05, 0.1) is 4.90 Å². The van der Waals surface area contributed by atoms with Crippen molar-refractivity contribution in [1.82, 2.24) is 0 Å². The Morgan fingerprint density at radius 2 is 1.81 bits per heavy atom. The van der Waals surface area contributed by atoms with E-state index in [1.165, 1.54) is 18.6 Å². The Morgan fingerprint density at radius 1 is 1.19 bits per heavy atom. The highest BCUT2D eigenvalue weighted by molar-refractivity contribution is 7.89. The Labute approximate surface area is 125 Å². The zero-order valence-corrected chi connectivity index (χ0v) is 13.0. The SMILES string of the molecule is Cc1cc(S(N)(=O)=O)cc(NC(=O)C2CC3CC3C2)c1C. The number of sulfonamides is 1. The normalized spacial score (nSPS) is 27.3. The van der Waals surface area contributed by atoms with Gasteiger partial charge in [-0.3, -0.25) is 4.79 Å². The molecule has 2 fully saturated rings. The highest BCUT2D eigenvalue weighted by Crippen LogP contribution is 2.54. The predicted molar refractivity (Wildman–Crippen MR) is 80.2 cm³/mol. The molecule has 1 amide bonds. The lowest BCUT2D eigenvalue weighted by molar-refractivity contribution is -0.120. The van der Waals surface area contributed by atoms with Crippen LogP contribution in [0.25, 0.3) is 0 Å². The number of amides is 1. The average Bonchev–Trinajstić information content (AvgIpc) is 3.00. The standard InChI is InChI=1S/C15H20N2O3S/c1-8-3-13(21(16,19)20)7-14(9(8)2)17-15(18)12-5-10-4-11(10)6-12/h3,7,10-12H,4-6H2,1-2H3,(H,17,18)(H2,16,19,20). The molecule has 21 heavy (non-hydrogen) atoms. The fourth-order valence-electron chi connectivity index (χ4n) is 3.28. The minimum Gasteiger partial charge on any atom is -0.326 e. The quantitative estimate of drug-likeness (QED) is 0.894. The molecule has 2 aliphatic rings. The zero-order valence-electron chi connectivity index (χ0n) is 12.2. The largest absolute Gasteiger partial charge is 0.326 e. The van der Waals surface area contributed by atoms with Gasteiger partial charge < -0.3 is 5.32 Å². The van der Waals surface area contributed by atoms with E-state index >= 15 is 0 Å². The van der Waals surface area contributed by atoms with Crippen LogP contribution in [0.4, 0.5) is 5.69 Å². The number of fused-ring (bicyclic) bond motifs is 1. The minimum atomic E-state index is -3.77. The molecule has 0 aromatic heterocycles. The van der Waals surface area contributed by atoms with Gasteiger partial charge in [0.2, 0.25) is 15.9 Å². The first-order chi connectivity index (χ1) is 9.75. The number of anilines is 1. The number of carbonyl (C=O) groups is 1. The fraction of sp³-hybridized carbons (Fsp3) is 0.533. The highest BCUT2D eigenvalue weighted by Gasteiger charge is 2.48. The lowest BCUT2D eigenvalue weighted by Crippen LogP contribution is -2.22. The van der Waals surface area contributed by atoms with Crippen molar-refractivity contribution in [2.45, 2.75) is 38.0 Å². The van der Waals surface area contributed by atoms with Gasteiger partial charge in [-0.2, -0.15) is 0 Å². The lowest BCUT2D eigenvalue weighted by Gasteiger charge is -2.16. The molecular formula is C15H20N2O3S. The summed E-state index contributed by atoms with van der Waals surface area (Å²) < 4.78 is 23.0. The second-order valence-electron chi connectivity index (χ2n) is 6.37. The van der Waals surface area contributed by atoms with Gasteiger partial charge >= 0.3 is 0 Å². The van der Waals surface area contributed by atoms with Crippen molar-refractivity contribution in [3.8, 4) is 0 Å². The summed E-state index contributed by atoms with van der Waals surface area (Å²) in [5.74, 6) is 1.53. The molecule has 2 unspecified atom stereocenters. The Balaban J connectivity index is 1.84. The molecule has 0 heterocycles. The molecule has 0 radical (unpaired) electrons. The van der Waals surface area contributed by atoms with Gasteiger partial charge in [0.15, 0.2) is 0 Å². The van der Waals surface area contributed by atoms with Crippen molar-refractivity contribution in [1.29, 1.82) is 0 Å². The molecule has 114 valence electrons.